The average molecular weight is 455 g/mol. The van der Waals surface area contributed by atoms with Crippen molar-refractivity contribution in [3.63, 3.8) is 0 Å². The Labute approximate surface area is 185 Å². The second kappa shape index (κ2) is 8.12. The minimum absolute atomic E-state index is 0.0475. The second-order valence-corrected chi connectivity index (χ2v) is 10.1. The number of rotatable bonds is 9. The summed E-state index contributed by atoms with van der Waals surface area (Å²) >= 11 is 0. The number of imidazole rings is 1. The quantitative estimate of drug-likeness (QED) is 0.366. The Hall–Kier alpha value is -1.96. The highest BCUT2D eigenvalue weighted by Crippen LogP contribution is 2.60. The predicted molar refractivity (Wildman–Crippen MR) is 113 cm³/mol. The first-order valence-corrected chi connectivity index (χ1v) is 11.4. The van der Waals surface area contributed by atoms with Crippen molar-refractivity contribution in [1.82, 2.24) is 9.55 Å². The van der Waals surface area contributed by atoms with Crippen molar-refractivity contribution in [3.8, 4) is 0 Å². The van der Waals surface area contributed by atoms with Gasteiger partial charge < -0.3 is 9.67 Å². The molecule has 0 aliphatic heterocycles. The van der Waals surface area contributed by atoms with E-state index in [9.17, 15) is 27.5 Å². The molecule has 8 heteroatoms. The average Bonchev–Trinajstić information content (AvgIpc) is 3.33. The third kappa shape index (κ3) is 4.43. The molecule has 2 fully saturated rings. The van der Waals surface area contributed by atoms with Gasteiger partial charge in [-0.2, -0.15) is 13.2 Å². The van der Waals surface area contributed by atoms with E-state index >= 15 is 0 Å². The van der Waals surface area contributed by atoms with Gasteiger partial charge >= 0.3 is 6.18 Å². The van der Waals surface area contributed by atoms with Crippen molar-refractivity contribution in [2.24, 2.45) is 5.41 Å². The molecule has 0 bridgehead atoms. The Morgan fingerprint density at radius 3 is 2.44 bits per heavy atom. The molecule has 0 amide bonds. The molecule has 1 aromatic carbocycles. The molecule has 4 nitrogen and oxygen atoms in total. The van der Waals surface area contributed by atoms with Crippen LogP contribution in [0.5, 0.6) is 0 Å². The van der Waals surface area contributed by atoms with Crippen LogP contribution in [0.4, 0.5) is 17.6 Å². The first kappa shape index (κ1) is 23.2. The maximum absolute atomic E-state index is 14.8. The maximum Gasteiger partial charge on any atom is 0.394 e. The number of unbranched alkanes of at least 4 members (excludes halogenated alkanes) is 1. The molecule has 176 valence electrons. The van der Waals surface area contributed by atoms with Gasteiger partial charge in [0.2, 0.25) is 0 Å². The van der Waals surface area contributed by atoms with Crippen molar-refractivity contribution in [2.45, 2.75) is 95.9 Å². The number of Topliss-reactive ketones (excluding diaryl/α,β-unsaturated/α-hetero) is 1. The third-order valence-electron chi connectivity index (χ3n) is 7.06. The molecule has 2 aliphatic carbocycles. The summed E-state index contributed by atoms with van der Waals surface area (Å²) < 4.78 is 56.0. The van der Waals surface area contributed by atoms with E-state index in [2.05, 4.69) is 9.55 Å². The zero-order chi connectivity index (χ0) is 23.3. The number of carbonyl (C=O) groups is 1. The molecule has 2 saturated carbocycles. The molecular formula is C24H30F4N2O2. The van der Waals surface area contributed by atoms with Crippen LogP contribution in [0.25, 0.3) is 11.0 Å². The Morgan fingerprint density at radius 2 is 1.91 bits per heavy atom. The highest BCUT2D eigenvalue weighted by Gasteiger charge is 2.63. The topological polar surface area (TPSA) is 55.1 Å². The zero-order valence-corrected chi connectivity index (χ0v) is 18.6. The number of benzene rings is 1. The summed E-state index contributed by atoms with van der Waals surface area (Å²) in [4.78, 5) is 16.6. The molecule has 32 heavy (non-hydrogen) atoms. The summed E-state index contributed by atoms with van der Waals surface area (Å²) in [5, 5.41) is 10.3. The summed E-state index contributed by atoms with van der Waals surface area (Å²) in [6.07, 6.45) is 0.155. The molecular weight excluding hydrogens is 424 g/mol. The van der Waals surface area contributed by atoms with E-state index in [1.54, 1.807) is 19.9 Å². The van der Waals surface area contributed by atoms with Crippen LogP contribution in [0, 0.1) is 11.2 Å². The van der Waals surface area contributed by atoms with Crippen LogP contribution in [-0.2, 0) is 16.8 Å². The number of aromatic nitrogens is 2. The summed E-state index contributed by atoms with van der Waals surface area (Å²) in [6.45, 7) is 3.22. The van der Waals surface area contributed by atoms with E-state index in [-0.39, 0.29) is 36.6 Å². The van der Waals surface area contributed by atoms with Crippen molar-refractivity contribution in [3.05, 3.63) is 29.3 Å². The minimum atomic E-state index is -4.30. The van der Waals surface area contributed by atoms with Crippen LogP contribution in [-0.4, -0.2) is 26.6 Å². The van der Waals surface area contributed by atoms with E-state index in [1.165, 1.54) is 6.07 Å². The maximum atomic E-state index is 14.8. The number of aliphatic hydroxyl groups is 1. The summed E-state index contributed by atoms with van der Waals surface area (Å²) in [5.74, 6) is -0.0814. The molecule has 1 heterocycles. The van der Waals surface area contributed by atoms with E-state index in [1.807, 2.05) is 0 Å². The van der Waals surface area contributed by atoms with Gasteiger partial charge in [0.1, 0.15) is 17.1 Å². The highest BCUT2D eigenvalue weighted by molar-refractivity contribution is 5.80. The van der Waals surface area contributed by atoms with Crippen molar-refractivity contribution in [2.75, 3.05) is 0 Å². The molecule has 4 rings (SSSR count). The van der Waals surface area contributed by atoms with E-state index in [4.69, 9.17) is 0 Å². The van der Waals surface area contributed by atoms with E-state index in [0.29, 0.717) is 30.3 Å². The van der Waals surface area contributed by atoms with Gasteiger partial charge in [-0.05, 0) is 76.5 Å². The number of ketones is 1. The van der Waals surface area contributed by atoms with Crippen molar-refractivity contribution < 1.29 is 27.5 Å². The van der Waals surface area contributed by atoms with Crippen LogP contribution < -0.4 is 0 Å². The number of alkyl halides is 3. The number of hydrogen-bond acceptors (Lipinski definition) is 3. The van der Waals surface area contributed by atoms with E-state index < -0.39 is 29.4 Å². The number of fused-ring (bicyclic) bond motifs is 1. The first-order valence-electron chi connectivity index (χ1n) is 11.4. The second-order valence-electron chi connectivity index (χ2n) is 10.1. The number of carbonyl (C=O) groups excluding carboxylic acids is 1. The van der Waals surface area contributed by atoms with Gasteiger partial charge in [0.25, 0.3) is 0 Å². The van der Waals surface area contributed by atoms with Crippen LogP contribution >= 0.6 is 0 Å². The lowest BCUT2D eigenvalue weighted by atomic mass is 9.92. The third-order valence-corrected chi connectivity index (χ3v) is 7.06. The van der Waals surface area contributed by atoms with Gasteiger partial charge in [0.05, 0.1) is 16.5 Å². The van der Waals surface area contributed by atoms with Crippen LogP contribution in [0.15, 0.2) is 12.1 Å². The van der Waals surface area contributed by atoms with Gasteiger partial charge in [0, 0.05) is 25.3 Å². The smallest absolute Gasteiger partial charge is 0.386 e. The molecule has 2 aliphatic rings. The fraction of sp³-hybridized carbons (Fsp3) is 0.667. The molecule has 2 aromatic rings. The largest absolute Gasteiger partial charge is 0.394 e. The van der Waals surface area contributed by atoms with Crippen molar-refractivity contribution >= 4 is 16.8 Å². The zero-order valence-electron chi connectivity index (χ0n) is 18.6. The molecule has 0 saturated heterocycles. The lowest BCUT2D eigenvalue weighted by molar-refractivity contribution is -0.190. The number of nitrogens with zero attached hydrogens (tertiary/aromatic N) is 2. The van der Waals surface area contributed by atoms with Gasteiger partial charge in [-0.25, -0.2) is 9.37 Å². The molecule has 0 radical (unpaired) electrons. The van der Waals surface area contributed by atoms with Crippen LogP contribution in [0.3, 0.4) is 0 Å². The Bertz CT molecular complexity index is 1010. The number of halogens is 4. The van der Waals surface area contributed by atoms with Gasteiger partial charge in [-0.1, -0.05) is 0 Å². The number of hydrogen-bond donors (Lipinski definition) is 1. The van der Waals surface area contributed by atoms with Gasteiger partial charge in [0.15, 0.2) is 5.82 Å². The van der Waals surface area contributed by atoms with Gasteiger partial charge in [-0.3, -0.25) is 4.79 Å². The summed E-state index contributed by atoms with van der Waals surface area (Å²) in [7, 11) is 0. The fourth-order valence-corrected chi connectivity index (χ4v) is 4.57. The normalized spacial score (nSPS) is 18.7. The monoisotopic (exact) mass is 454 g/mol. The Balaban J connectivity index is 1.45. The lowest BCUT2D eigenvalue weighted by Crippen LogP contribution is -2.27. The molecule has 0 atom stereocenters. The minimum Gasteiger partial charge on any atom is -0.386 e. The summed E-state index contributed by atoms with van der Waals surface area (Å²) in [6, 6.07) is 3.34. The number of aryl methyl sites for hydroxylation is 1. The highest BCUT2D eigenvalue weighted by atomic mass is 19.4. The van der Waals surface area contributed by atoms with Crippen molar-refractivity contribution in [1.29, 1.82) is 0 Å². The first-order chi connectivity index (χ1) is 14.9. The standard InChI is InChI=1S/C24H30F4N2O2/c1-22(2,32)15-12-18(25)21-19(13-15)30(16-6-5-7-16)20(29-21)9-4-3-8-17(31)14-23(10-11-23)24(26,27)28/h12-13,16,32H,3-11,14H2,1-2H3. The molecule has 0 spiro atoms. The summed E-state index contributed by atoms with van der Waals surface area (Å²) in [5.41, 5.74) is -1.54. The molecule has 0 unspecified atom stereocenters. The van der Waals surface area contributed by atoms with Crippen LogP contribution in [0.1, 0.15) is 89.1 Å². The SMILES string of the molecule is CC(C)(O)c1cc(F)c2nc(CCCCC(=O)CC3(C(F)(F)F)CC3)n(C3CCC3)c2c1. The molecule has 1 N–H and O–H groups in total. The van der Waals surface area contributed by atoms with Gasteiger partial charge in [-0.15, -0.1) is 0 Å². The van der Waals surface area contributed by atoms with Crippen LogP contribution in [0.2, 0.25) is 0 Å². The molecule has 1 aromatic heterocycles. The Kier molecular flexibility index (Phi) is 5.89. The Morgan fingerprint density at radius 1 is 1.22 bits per heavy atom. The lowest BCUT2D eigenvalue weighted by Gasteiger charge is -2.29. The predicted octanol–water partition coefficient (Wildman–Crippen LogP) is 6.14. The fourth-order valence-electron chi connectivity index (χ4n) is 4.57. The van der Waals surface area contributed by atoms with E-state index in [0.717, 1.165) is 25.1 Å².